The van der Waals surface area contributed by atoms with Crippen molar-refractivity contribution in [2.75, 3.05) is 13.7 Å². The largest absolute Gasteiger partial charge is 0.497 e. The summed E-state index contributed by atoms with van der Waals surface area (Å²) in [5.41, 5.74) is 0.209. The zero-order chi connectivity index (χ0) is 21.9. The van der Waals surface area contributed by atoms with Crippen LogP contribution in [0.2, 0.25) is 0 Å². The second-order valence-corrected chi connectivity index (χ2v) is 8.53. The first-order chi connectivity index (χ1) is 14.2. The minimum atomic E-state index is -1.05. The Hall–Kier alpha value is -2.45. The van der Waals surface area contributed by atoms with E-state index in [9.17, 15) is 14.3 Å². The topological polar surface area (TPSA) is 89.9 Å². The smallest absolute Gasteiger partial charge is 0.407 e. The number of nitrogens with one attached hydrogen (secondary N) is 1. The predicted octanol–water partition coefficient (Wildman–Crippen LogP) is 3.88. The molecule has 1 fully saturated rings. The fourth-order valence-corrected chi connectivity index (χ4v) is 3.58. The number of nitrogens with zero attached hydrogens (tertiary/aromatic N) is 1. The van der Waals surface area contributed by atoms with Crippen molar-refractivity contribution in [3.63, 3.8) is 0 Å². The molecule has 1 aromatic carbocycles. The Morgan fingerprint density at radius 1 is 1.40 bits per heavy atom. The molecule has 0 saturated carbocycles. The lowest BCUT2D eigenvalue weighted by Crippen LogP contribution is -2.45. The van der Waals surface area contributed by atoms with Crippen LogP contribution in [0.3, 0.4) is 0 Å². The molecule has 3 atom stereocenters. The number of carbonyl (C=O) groups is 1. The van der Waals surface area contributed by atoms with Gasteiger partial charge >= 0.3 is 6.09 Å². The number of aromatic nitrogens is 1. The number of rotatable bonds is 5. The third kappa shape index (κ3) is 5.58. The number of aliphatic hydroxyl groups is 1. The van der Waals surface area contributed by atoms with E-state index in [4.69, 9.17) is 14.2 Å². The van der Waals surface area contributed by atoms with E-state index in [0.717, 1.165) is 6.20 Å². The third-order valence-corrected chi connectivity index (χ3v) is 4.98. The summed E-state index contributed by atoms with van der Waals surface area (Å²) in [4.78, 5) is 16.0. The SMILES string of the molecule is COc1ccc2ncc(F)c(C(O)C[C@@H]3CC[C@@H](NC(=O)OC(C)(C)C)CO3)c2c1. The van der Waals surface area contributed by atoms with Crippen molar-refractivity contribution in [2.45, 2.75) is 63.9 Å². The highest BCUT2D eigenvalue weighted by molar-refractivity contribution is 5.84. The number of halogens is 1. The number of methoxy groups -OCH3 is 1. The quantitative estimate of drug-likeness (QED) is 0.763. The maximum absolute atomic E-state index is 14.5. The number of fused-ring (bicyclic) bond motifs is 1. The van der Waals surface area contributed by atoms with Gasteiger partial charge in [0.05, 0.1) is 43.7 Å². The molecule has 0 bridgehead atoms. The molecule has 0 aliphatic carbocycles. The third-order valence-electron chi connectivity index (χ3n) is 4.98. The van der Waals surface area contributed by atoms with Crippen LogP contribution in [0.15, 0.2) is 24.4 Å². The summed E-state index contributed by atoms with van der Waals surface area (Å²) < 4.78 is 30.8. The Bertz CT molecular complexity index is 891. The molecule has 3 rings (SSSR count). The number of carbonyl (C=O) groups excluding carboxylic acids is 1. The molecule has 1 aliphatic rings. The number of ether oxygens (including phenoxy) is 3. The first-order valence-corrected chi connectivity index (χ1v) is 10.1. The molecule has 0 radical (unpaired) electrons. The van der Waals surface area contributed by atoms with Crippen LogP contribution in [-0.4, -0.2) is 47.6 Å². The standard InChI is InChI=1S/C22H29FN2O5/c1-22(2,3)30-21(27)25-13-5-6-15(29-12-13)10-19(26)20-16-9-14(28-4)7-8-18(16)24-11-17(20)23/h7-9,11,13,15,19,26H,5-6,10,12H2,1-4H3,(H,25,27)/t13-,15+,19?/m1/s1. The first kappa shape index (κ1) is 22.2. The van der Waals surface area contributed by atoms with Gasteiger partial charge in [0.25, 0.3) is 0 Å². The Morgan fingerprint density at radius 2 is 2.17 bits per heavy atom. The molecule has 1 saturated heterocycles. The van der Waals surface area contributed by atoms with Gasteiger partial charge in [-0.3, -0.25) is 4.98 Å². The van der Waals surface area contributed by atoms with Gasteiger partial charge in [0, 0.05) is 17.4 Å². The van der Waals surface area contributed by atoms with Crippen molar-refractivity contribution in [1.29, 1.82) is 0 Å². The Balaban J connectivity index is 1.62. The van der Waals surface area contributed by atoms with Gasteiger partial charge in [-0.1, -0.05) is 0 Å². The van der Waals surface area contributed by atoms with Crippen LogP contribution < -0.4 is 10.1 Å². The second kappa shape index (κ2) is 9.14. The van der Waals surface area contributed by atoms with Gasteiger partial charge in [0.2, 0.25) is 0 Å². The van der Waals surface area contributed by atoms with E-state index in [2.05, 4.69) is 10.3 Å². The van der Waals surface area contributed by atoms with E-state index >= 15 is 0 Å². The van der Waals surface area contributed by atoms with Gasteiger partial charge in [-0.25, -0.2) is 9.18 Å². The molecule has 1 amide bonds. The van der Waals surface area contributed by atoms with Gasteiger partial charge < -0.3 is 24.6 Å². The van der Waals surface area contributed by atoms with Crippen LogP contribution in [0.1, 0.15) is 51.7 Å². The van der Waals surface area contributed by atoms with Crippen molar-refractivity contribution < 1.29 is 28.5 Å². The number of aliphatic hydroxyl groups excluding tert-OH is 1. The first-order valence-electron chi connectivity index (χ1n) is 10.1. The minimum Gasteiger partial charge on any atom is -0.497 e. The van der Waals surface area contributed by atoms with E-state index in [-0.39, 0.29) is 24.1 Å². The van der Waals surface area contributed by atoms with Crippen LogP contribution in [0.5, 0.6) is 5.75 Å². The van der Waals surface area contributed by atoms with E-state index < -0.39 is 23.6 Å². The minimum absolute atomic E-state index is 0.156. The van der Waals surface area contributed by atoms with E-state index in [1.54, 1.807) is 39.0 Å². The number of alkyl carbamates (subject to hydrolysis) is 1. The van der Waals surface area contributed by atoms with Gasteiger partial charge in [0.1, 0.15) is 17.2 Å². The maximum atomic E-state index is 14.5. The summed E-state index contributed by atoms with van der Waals surface area (Å²) in [6, 6.07) is 4.99. The van der Waals surface area contributed by atoms with Gasteiger partial charge in [-0.05, 0) is 51.8 Å². The summed E-state index contributed by atoms with van der Waals surface area (Å²) >= 11 is 0. The zero-order valence-corrected chi connectivity index (χ0v) is 17.8. The van der Waals surface area contributed by atoms with Crippen molar-refractivity contribution in [3.05, 3.63) is 35.8 Å². The molecular formula is C22H29FN2O5. The molecule has 2 heterocycles. The molecule has 30 heavy (non-hydrogen) atoms. The number of hydrogen-bond acceptors (Lipinski definition) is 6. The molecule has 1 aliphatic heterocycles. The van der Waals surface area contributed by atoms with Crippen LogP contribution in [-0.2, 0) is 9.47 Å². The lowest BCUT2D eigenvalue weighted by molar-refractivity contribution is -0.0320. The van der Waals surface area contributed by atoms with Crippen LogP contribution >= 0.6 is 0 Å². The number of amides is 1. The van der Waals surface area contributed by atoms with Crippen LogP contribution in [0.4, 0.5) is 9.18 Å². The molecule has 0 spiro atoms. The summed E-state index contributed by atoms with van der Waals surface area (Å²) in [6.07, 6.45) is 0.902. The van der Waals surface area contributed by atoms with E-state index in [0.29, 0.717) is 36.1 Å². The Kier molecular flexibility index (Phi) is 6.77. The van der Waals surface area contributed by atoms with E-state index in [1.165, 1.54) is 7.11 Å². The van der Waals surface area contributed by atoms with Crippen molar-refractivity contribution >= 4 is 17.0 Å². The van der Waals surface area contributed by atoms with Crippen molar-refractivity contribution in [1.82, 2.24) is 10.3 Å². The van der Waals surface area contributed by atoms with Crippen molar-refractivity contribution in [3.8, 4) is 5.75 Å². The van der Waals surface area contributed by atoms with Gasteiger partial charge in [-0.15, -0.1) is 0 Å². The predicted molar refractivity (Wildman–Crippen MR) is 110 cm³/mol. The molecule has 1 unspecified atom stereocenters. The Morgan fingerprint density at radius 3 is 2.80 bits per heavy atom. The number of pyridine rings is 1. The highest BCUT2D eigenvalue weighted by Gasteiger charge is 2.28. The highest BCUT2D eigenvalue weighted by Crippen LogP contribution is 2.32. The average Bonchev–Trinajstić information content (AvgIpc) is 2.67. The fourth-order valence-electron chi connectivity index (χ4n) is 3.58. The molecule has 2 aromatic rings. The van der Waals surface area contributed by atoms with E-state index in [1.807, 2.05) is 0 Å². The number of hydrogen-bond donors (Lipinski definition) is 2. The summed E-state index contributed by atoms with van der Waals surface area (Å²) in [5.74, 6) is -0.00291. The molecule has 1 aromatic heterocycles. The lowest BCUT2D eigenvalue weighted by Gasteiger charge is -2.31. The van der Waals surface area contributed by atoms with Crippen molar-refractivity contribution in [2.24, 2.45) is 0 Å². The highest BCUT2D eigenvalue weighted by atomic mass is 19.1. The fraction of sp³-hybridized carbons (Fsp3) is 0.545. The monoisotopic (exact) mass is 420 g/mol. The molecule has 7 nitrogen and oxygen atoms in total. The Labute approximate surface area is 175 Å². The average molecular weight is 420 g/mol. The zero-order valence-electron chi connectivity index (χ0n) is 17.8. The molecule has 164 valence electrons. The number of benzene rings is 1. The summed E-state index contributed by atoms with van der Waals surface area (Å²) in [5, 5.41) is 14.1. The molecule has 2 N–H and O–H groups in total. The summed E-state index contributed by atoms with van der Waals surface area (Å²) in [6.45, 7) is 5.72. The molecular weight excluding hydrogens is 391 g/mol. The molecule has 8 heteroatoms. The lowest BCUT2D eigenvalue weighted by atomic mass is 9.95. The van der Waals surface area contributed by atoms with Gasteiger partial charge in [-0.2, -0.15) is 0 Å². The van der Waals surface area contributed by atoms with Crippen LogP contribution in [0, 0.1) is 5.82 Å². The summed E-state index contributed by atoms with van der Waals surface area (Å²) in [7, 11) is 1.53. The van der Waals surface area contributed by atoms with Crippen LogP contribution in [0.25, 0.3) is 10.9 Å². The maximum Gasteiger partial charge on any atom is 0.407 e. The normalized spacial score (nSPS) is 20.6. The van der Waals surface area contributed by atoms with Gasteiger partial charge in [0.15, 0.2) is 0 Å². The second-order valence-electron chi connectivity index (χ2n) is 8.53.